The van der Waals surface area contributed by atoms with Gasteiger partial charge in [-0.05, 0) is 95.9 Å². The van der Waals surface area contributed by atoms with Crippen LogP contribution in [-0.2, 0) is 41.2 Å². The largest absolute Gasteiger partial charge is 0.384 e. The molecule has 11 nitrogen and oxygen atoms in total. The highest BCUT2D eigenvalue weighted by molar-refractivity contribution is 5.79. The zero-order valence-corrected chi connectivity index (χ0v) is 34.4. The zero-order chi connectivity index (χ0) is 39.0. The Kier molecular flexibility index (Phi) is 14.5. The number of anilines is 6. The number of hydrogen-bond donors (Lipinski definition) is 2. The monoisotopic (exact) mass is 729 g/mol. The first kappa shape index (κ1) is 41.4. The quantitative estimate of drug-likeness (QED) is 0.168. The maximum Gasteiger partial charge on any atom is 0.160 e. The topological polar surface area (TPSA) is 116 Å². The molecular weight excluding hydrogens is 665 g/mol. The Labute approximate surface area is 317 Å². The molecule has 53 heavy (non-hydrogen) atoms. The van der Waals surface area contributed by atoms with Crippen LogP contribution in [0.2, 0.25) is 0 Å². The lowest BCUT2D eigenvalue weighted by molar-refractivity contribution is -0.122. The summed E-state index contributed by atoms with van der Waals surface area (Å²) in [5.74, 6) is 4.22. The average Bonchev–Trinajstić information content (AvgIpc) is 3.58. The van der Waals surface area contributed by atoms with E-state index in [2.05, 4.69) is 97.7 Å². The number of nitrogens with one attached hydrogen (secondary N) is 1. The molecule has 0 saturated carbocycles. The second-order valence-electron chi connectivity index (χ2n) is 14.6. The fourth-order valence-electron chi connectivity index (χ4n) is 7.79. The molecule has 0 radical (unpaired) electrons. The molecule has 0 amide bonds. The van der Waals surface area contributed by atoms with Gasteiger partial charge < -0.3 is 30.3 Å². The van der Waals surface area contributed by atoms with Crippen LogP contribution in [0.5, 0.6) is 0 Å². The number of Topliss-reactive ketones (excluding diaryl/α,β-unsaturated/α-hetero) is 1. The zero-order valence-electron chi connectivity index (χ0n) is 34.4. The summed E-state index contributed by atoms with van der Waals surface area (Å²) in [6.45, 7) is 20.1. The van der Waals surface area contributed by atoms with Crippen LogP contribution >= 0.6 is 0 Å². The lowest BCUT2D eigenvalue weighted by atomic mass is 10.0. The molecule has 1 atom stereocenters. The molecule has 0 saturated heterocycles. The predicted molar refractivity (Wildman–Crippen MR) is 220 cm³/mol. The minimum atomic E-state index is 0.155. The van der Waals surface area contributed by atoms with Gasteiger partial charge in [-0.3, -0.25) is 14.2 Å². The molecule has 11 heteroatoms. The lowest BCUT2D eigenvalue weighted by Crippen LogP contribution is -2.28. The van der Waals surface area contributed by atoms with Gasteiger partial charge in [0.1, 0.15) is 18.2 Å². The predicted octanol–water partition coefficient (Wildman–Crippen LogP) is 7.89. The number of aryl methyl sites for hydroxylation is 8. The third-order valence-corrected chi connectivity index (χ3v) is 10.1. The number of aromatic nitrogens is 4. The number of hydrogen-bond acceptors (Lipinski definition) is 9. The first-order valence-electron chi connectivity index (χ1n) is 19.1. The summed E-state index contributed by atoms with van der Waals surface area (Å²) in [5, 5.41) is 13.2. The summed E-state index contributed by atoms with van der Waals surface area (Å²) >= 11 is 0. The minimum absolute atomic E-state index is 0.155. The number of fused-ring (bicyclic) bond motifs is 2. The summed E-state index contributed by atoms with van der Waals surface area (Å²) in [6.07, 6.45) is 5.95. The van der Waals surface area contributed by atoms with E-state index < -0.39 is 0 Å². The highest BCUT2D eigenvalue weighted by Gasteiger charge is 2.29. The standard InChI is InChI=1S/C21H32N4O.C16H22N4.C5H10O2/c1-7-17(13-26-6)22-20-18-9-8-10-25(21(18)23-24(20)5)19-15(3)11-14(2)12-16(19)4;1-10-8-11(2)14(12(3)9-10)20-7-5-6-13-15(17)19(4)18-16(13)20;1-3-5(6)4-7-2/h11-12,17,22H,7-10,13H2,1-6H3;8-9H,5-7,17H2,1-4H3;3-4H2,1-2H3. The van der Waals surface area contributed by atoms with Crippen molar-refractivity contribution in [3.05, 3.63) is 68.8 Å². The highest BCUT2D eigenvalue weighted by Crippen LogP contribution is 2.41. The smallest absolute Gasteiger partial charge is 0.160 e. The number of methoxy groups -OCH3 is 2. The fraction of sp³-hybridized carbons (Fsp3) is 0.548. The van der Waals surface area contributed by atoms with Crippen molar-refractivity contribution in [2.24, 2.45) is 14.1 Å². The van der Waals surface area contributed by atoms with Gasteiger partial charge in [-0.1, -0.05) is 49.2 Å². The third-order valence-electron chi connectivity index (χ3n) is 10.1. The lowest BCUT2D eigenvalue weighted by Gasteiger charge is -2.31. The van der Waals surface area contributed by atoms with E-state index in [1.54, 1.807) is 11.8 Å². The van der Waals surface area contributed by atoms with Gasteiger partial charge in [0, 0.05) is 70.3 Å². The Morgan fingerprint density at radius 1 is 0.774 bits per heavy atom. The molecular formula is C42H64N8O3. The maximum atomic E-state index is 10.3. The van der Waals surface area contributed by atoms with Crippen molar-refractivity contribution in [3.8, 4) is 0 Å². The van der Waals surface area contributed by atoms with E-state index in [1.807, 2.05) is 25.7 Å². The normalized spacial score (nSPS) is 14.0. The Balaban J connectivity index is 0.000000205. The first-order chi connectivity index (χ1) is 25.3. The van der Waals surface area contributed by atoms with Crippen LogP contribution in [0.15, 0.2) is 24.3 Å². The molecule has 2 aliphatic rings. The number of rotatable bonds is 10. The molecule has 1 unspecified atom stereocenters. The summed E-state index contributed by atoms with van der Waals surface area (Å²) in [7, 11) is 7.23. The number of carbonyl (C=O) groups excluding carboxylic acids is 1. The van der Waals surface area contributed by atoms with Gasteiger partial charge in [-0.2, -0.15) is 10.2 Å². The van der Waals surface area contributed by atoms with Gasteiger partial charge in [0.25, 0.3) is 0 Å². The van der Waals surface area contributed by atoms with Gasteiger partial charge >= 0.3 is 0 Å². The van der Waals surface area contributed by atoms with Gasteiger partial charge in [0.15, 0.2) is 17.4 Å². The van der Waals surface area contributed by atoms with E-state index in [0.29, 0.717) is 19.1 Å². The van der Waals surface area contributed by atoms with Crippen LogP contribution in [-0.4, -0.2) is 71.9 Å². The summed E-state index contributed by atoms with van der Waals surface area (Å²) in [6, 6.07) is 9.32. The van der Waals surface area contributed by atoms with E-state index in [1.165, 1.54) is 63.0 Å². The van der Waals surface area contributed by atoms with E-state index in [-0.39, 0.29) is 12.4 Å². The number of nitrogens with zero attached hydrogens (tertiary/aromatic N) is 6. The molecule has 3 N–H and O–H groups in total. The molecule has 2 aliphatic heterocycles. The number of nitrogen functional groups attached to an aromatic ring is 1. The molecule has 0 fully saturated rings. The van der Waals surface area contributed by atoms with Crippen LogP contribution in [0.4, 0.5) is 34.6 Å². The molecule has 0 bridgehead atoms. The SMILES string of the molecule is CCC(=O)COC.CCC(COC)Nc1c2c(nn1C)N(c1c(C)cc(C)cc1C)CCC2.Cc1cc(C)c(N2CCCc3c2nn(C)c3N)c(C)c1. The first-order valence-corrected chi connectivity index (χ1v) is 19.1. The van der Waals surface area contributed by atoms with Crippen molar-refractivity contribution in [1.82, 2.24) is 19.6 Å². The Hall–Kier alpha value is -4.35. The van der Waals surface area contributed by atoms with Crippen molar-refractivity contribution in [1.29, 1.82) is 0 Å². The van der Waals surface area contributed by atoms with E-state index in [4.69, 9.17) is 15.6 Å². The number of ether oxygens (including phenoxy) is 2. The molecule has 6 rings (SSSR count). The van der Waals surface area contributed by atoms with Crippen molar-refractivity contribution < 1.29 is 14.3 Å². The van der Waals surface area contributed by atoms with Gasteiger partial charge in [-0.25, -0.2) is 0 Å². The van der Waals surface area contributed by atoms with Crippen molar-refractivity contribution in [2.75, 3.05) is 61.4 Å². The molecule has 0 aliphatic carbocycles. The van der Waals surface area contributed by atoms with E-state index in [9.17, 15) is 4.79 Å². The second kappa shape index (κ2) is 18.6. The van der Waals surface area contributed by atoms with E-state index >= 15 is 0 Å². The minimum Gasteiger partial charge on any atom is -0.384 e. The van der Waals surface area contributed by atoms with Crippen molar-refractivity contribution in [3.63, 3.8) is 0 Å². The van der Waals surface area contributed by atoms with Crippen LogP contribution < -0.4 is 20.9 Å². The second-order valence-corrected chi connectivity index (χ2v) is 14.6. The molecule has 0 spiro atoms. The molecule has 290 valence electrons. The Morgan fingerprint density at radius 3 is 1.68 bits per heavy atom. The van der Waals surface area contributed by atoms with Crippen LogP contribution in [0.3, 0.4) is 0 Å². The number of ketones is 1. The summed E-state index contributed by atoms with van der Waals surface area (Å²) in [5.41, 5.74) is 19.1. The third kappa shape index (κ3) is 9.61. The van der Waals surface area contributed by atoms with Crippen molar-refractivity contribution in [2.45, 2.75) is 100.0 Å². The summed E-state index contributed by atoms with van der Waals surface area (Å²) in [4.78, 5) is 15.0. The van der Waals surface area contributed by atoms with E-state index in [0.717, 1.165) is 68.5 Å². The molecule has 2 aromatic carbocycles. The molecule has 4 heterocycles. The van der Waals surface area contributed by atoms with Gasteiger partial charge in [0.2, 0.25) is 0 Å². The van der Waals surface area contributed by atoms with Crippen LogP contribution in [0, 0.1) is 41.5 Å². The number of carbonyl (C=O) groups is 1. The van der Waals surface area contributed by atoms with Crippen LogP contribution in [0.1, 0.15) is 84.0 Å². The Morgan fingerprint density at radius 2 is 1.25 bits per heavy atom. The summed E-state index contributed by atoms with van der Waals surface area (Å²) < 4.78 is 13.7. The number of benzene rings is 2. The van der Waals surface area contributed by atoms with Crippen LogP contribution in [0.25, 0.3) is 0 Å². The average molecular weight is 729 g/mol. The molecule has 2 aromatic heterocycles. The van der Waals surface area contributed by atoms with Crippen molar-refractivity contribution >= 4 is 40.4 Å². The Bertz CT molecular complexity index is 1810. The maximum absolute atomic E-state index is 10.3. The van der Waals surface area contributed by atoms with Gasteiger partial charge in [-0.15, -0.1) is 0 Å². The van der Waals surface area contributed by atoms with Gasteiger partial charge in [0.05, 0.1) is 12.6 Å². The highest BCUT2D eigenvalue weighted by atomic mass is 16.5. The molecule has 4 aromatic rings. The number of nitrogens with two attached hydrogens (primary N) is 1. The fourth-order valence-corrected chi connectivity index (χ4v) is 7.79.